The molecule has 1 saturated heterocycles. The lowest BCUT2D eigenvalue weighted by molar-refractivity contribution is -0.132. The van der Waals surface area contributed by atoms with E-state index in [1.807, 2.05) is 30.9 Å². The molecule has 24 heavy (non-hydrogen) atoms. The van der Waals surface area contributed by atoms with Crippen molar-refractivity contribution in [1.82, 2.24) is 35.1 Å². The fourth-order valence-electron chi connectivity index (χ4n) is 3.03. The number of amides is 1. The van der Waals surface area contributed by atoms with E-state index >= 15 is 0 Å². The van der Waals surface area contributed by atoms with E-state index in [9.17, 15) is 4.79 Å². The Bertz CT molecular complexity index is 683. The highest BCUT2D eigenvalue weighted by Crippen LogP contribution is 2.14. The first-order valence-corrected chi connectivity index (χ1v) is 8.51. The van der Waals surface area contributed by atoms with Crippen molar-refractivity contribution in [1.29, 1.82) is 0 Å². The predicted molar refractivity (Wildman–Crippen MR) is 89.8 cm³/mol. The lowest BCUT2D eigenvalue weighted by Gasteiger charge is -2.25. The van der Waals surface area contributed by atoms with Gasteiger partial charge in [0.05, 0.1) is 6.54 Å². The maximum absolute atomic E-state index is 12.3. The van der Waals surface area contributed by atoms with Crippen LogP contribution in [0.1, 0.15) is 20.3 Å². The van der Waals surface area contributed by atoms with Gasteiger partial charge >= 0.3 is 0 Å². The van der Waals surface area contributed by atoms with E-state index in [1.54, 1.807) is 0 Å². The second-order valence-corrected chi connectivity index (χ2v) is 5.90. The minimum absolute atomic E-state index is 0.210. The van der Waals surface area contributed by atoms with Crippen LogP contribution in [0.5, 0.6) is 0 Å². The van der Waals surface area contributed by atoms with Crippen LogP contribution >= 0.6 is 0 Å². The number of hydrogen-bond acceptors (Lipinski definition) is 7. The first-order valence-electron chi connectivity index (χ1n) is 8.51. The fraction of sp³-hybridized carbons (Fsp3) is 0.667. The van der Waals surface area contributed by atoms with Crippen LogP contribution in [0.25, 0.3) is 5.65 Å². The van der Waals surface area contributed by atoms with Gasteiger partial charge in [-0.25, -0.2) is 0 Å². The zero-order chi connectivity index (χ0) is 16.9. The minimum atomic E-state index is 0.210. The summed E-state index contributed by atoms with van der Waals surface area (Å²) in [4.78, 5) is 18.6. The van der Waals surface area contributed by atoms with Gasteiger partial charge in [0.1, 0.15) is 0 Å². The maximum atomic E-state index is 12.3. The lowest BCUT2D eigenvalue weighted by atomic mass is 10.3. The molecule has 3 rings (SSSR count). The van der Waals surface area contributed by atoms with Crippen molar-refractivity contribution in [2.45, 2.75) is 20.3 Å². The summed E-state index contributed by atoms with van der Waals surface area (Å²) in [7, 11) is 0. The molecule has 3 heterocycles. The van der Waals surface area contributed by atoms with Crippen molar-refractivity contribution in [3.05, 3.63) is 12.1 Å². The number of likely N-dealkylation sites (N-methyl/N-ethyl adjacent to an activating group) is 1. The van der Waals surface area contributed by atoms with Gasteiger partial charge in [0.15, 0.2) is 11.5 Å². The molecule has 0 aliphatic carbocycles. The largest absolute Gasteiger partial charge is 0.354 e. The van der Waals surface area contributed by atoms with Gasteiger partial charge in [-0.3, -0.25) is 9.69 Å². The van der Waals surface area contributed by atoms with Gasteiger partial charge in [0, 0.05) is 39.3 Å². The van der Waals surface area contributed by atoms with Crippen LogP contribution < -0.4 is 4.90 Å². The summed E-state index contributed by atoms with van der Waals surface area (Å²) in [6.07, 6.45) is 1.00. The Morgan fingerprint density at radius 2 is 2.00 bits per heavy atom. The van der Waals surface area contributed by atoms with E-state index in [1.165, 1.54) is 4.63 Å². The number of tetrazole rings is 1. The normalized spacial score (nSPS) is 16.3. The van der Waals surface area contributed by atoms with Crippen LogP contribution in [0.2, 0.25) is 0 Å². The fourth-order valence-corrected chi connectivity index (χ4v) is 3.03. The van der Waals surface area contributed by atoms with E-state index in [0.29, 0.717) is 12.2 Å². The number of carbonyl (C=O) groups is 1. The summed E-state index contributed by atoms with van der Waals surface area (Å²) in [5.74, 6) is 1.08. The molecule has 1 amide bonds. The second kappa shape index (κ2) is 7.52. The van der Waals surface area contributed by atoms with Gasteiger partial charge in [0.2, 0.25) is 5.91 Å². The molecule has 1 fully saturated rings. The van der Waals surface area contributed by atoms with Crippen LogP contribution in [-0.4, -0.2) is 86.8 Å². The first-order chi connectivity index (χ1) is 11.7. The van der Waals surface area contributed by atoms with Gasteiger partial charge in [-0.05, 0) is 42.8 Å². The monoisotopic (exact) mass is 332 g/mol. The topological polar surface area (TPSA) is 82.8 Å². The zero-order valence-corrected chi connectivity index (χ0v) is 14.3. The summed E-state index contributed by atoms with van der Waals surface area (Å²) in [6, 6.07) is 3.82. The Morgan fingerprint density at radius 3 is 2.79 bits per heavy atom. The summed E-state index contributed by atoms with van der Waals surface area (Å²) in [5.41, 5.74) is 0.639. The Kier molecular flexibility index (Phi) is 5.19. The first kappa shape index (κ1) is 16.6. The number of aromatic nitrogens is 5. The number of nitrogens with zero attached hydrogens (tertiary/aromatic N) is 8. The van der Waals surface area contributed by atoms with E-state index in [4.69, 9.17) is 0 Å². The summed E-state index contributed by atoms with van der Waals surface area (Å²) in [5, 5.41) is 15.8. The van der Waals surface area contributed by atoms with Gasteiger partial charge in [-0.15, -0.1) is 14.8 Å². The van der Waals surface area contributed by atoms with Crippen molar-refractivity contribution < 1.29 is 4.79 Å². The lowest BCUT2D eigenvalue weighted by Crippen LogP contribution is -2.41. The third-order valence-electron chi connectivity index (χ3n) is 4.44. The van der Waals surface area contributed by atoms with Crippen molar-refractivity contribution in [2.75, 3.05) is 50.7 Å². The molecule has 0 aromatic carbocycles. The molecule has 0 radical (unpaired) electrons. The van der Waals surface area contributed by atoms with Gasteiger partial charge < -0.3 is 9.80 Å². The highest BCUT2D eigenvalue weighted by molar-refractivity contribution is 5.78. The van der Waals surface area contributed by atoms with Gasteiger partial charge in [-0.2, -0.15) is 0 Å². The quantitative estimate of drug-likeness (QED) is 0.756. The molecule has 0 saturated carbocycles. The molecule has 9 nitrogen and oxygen atoms in total. The minimum Gasteiger partial charge on any atom is -0.354 e. The molecule has 2 aromatic rings. The van der Waals surface area contributed by atoms with Crippen molar-refractivity contribution in [3.63, 3.8) is 0 Å². The molecule has 0 spiro atoms. The zero-order valence-electron chi connectivity index (χ0n) is 14.3. The molecule has 0 bridgehead atoms. The molecule has 130 valence electrons. The van der Waals surface area contributed by atoms with Gasteiger partial charge in [-0.1, -0.05) is 0 Å². The molecule has 0 unspecified atom stereocenters. The number of rotatable bonds is 5. The highest BCUT2D eigenvalue weighted by Gasteiger charge is 2.20. The van der Waals surface area contributed by atoms with Gasteiger partial charge in [0.25, 0.3) is 0 Å². The molecule has 0 N–H and O–H groups in total. The van der Waals surface area contributed by atoms with Crippen LogP contribution in [0, 0.1) is 0 Å². The molecular weight excluding hydrogens is 308 g/mol. The van der Waals surface area contributed by atoms with E-state index in [-0.39, 0.29) is 5.91 Å². The Morgan fingerprint density at radius 1 is 1.17 bits per heavy atom. The Labute approximate surface area is 141 Å². The smallest absolute Gasteiger partial charge is 0.236 e. The number of carbonyl (C=O) groups excluding carboxylic acids is 1. The molecule has 0 atom stereocenters. The molecule has 9 heteroatoms. The molecule has 2 aromatic heterocycles. The van der Waals surface area contributed by atoms with Crippen LogP contribution in [0.3, 0.4) is 0 Å². The second-order valence-electron chi connectivity index (χ2n) is 5.90. The standard InChI is InChI=1S/C15H24N8O/c1-3-21(4-2)15(24)12-20-8-5-9-22(11-10-20)14-7-6-13-16-18-19-23(13)17-14/h6-7H,3-5,8-12H2,1-2H3. The molecular formula is C15H24N8O. The number of anilines is 1. The number of hydrogen-bond donors (Lipinski definition) is 0. The average molecular weight is 332 g/mol. The van der Waals surface area contributed by atoms with Crippen LogP contribution in [-0.2, 0) is 4.79 Å². The third-order valence-corrected chi connectivity index (χ3v) is 4.44. The summed E-state index contributed by atoms with van der Waals surface area (Å²) < 4.78 is 1.45. The summed E-state index contributed by atoms with van der Waals surface area (Å²) in [6.45, 7) is 9.60. The van der Waals surface area contributed by atoms with E-state index in [0.717, 1.165) is 51.5 Å². The maximum Gasteiger partial charge on any atom is 0.236 e. The Balaban J connectivity index is 1.61. The molecule has 1 aliphatic heterocycles. The summed E-state index contributed by atoms with van der Waals surface area (Å²) >= 11 is 0. The van der Waals surface area contributed by atoms with Crippen LogP contribution in [0.15, 0.2) is 12.1 Å². The van der Waals surface area contributed by atoms with Crippen molar-refractivity contribution in [2.24, 2.45) is 0 Å². The van der Waals surface area contributed by atoms with E-state index in [2.05, 4.69) is 30.4 Å². The predicted octanol–water partition coefficient (Wildman–Crippen LogP) is -0.100. The third kappa shape index (κ3) is 3.61. The van der Waals surface area contributed by atoms with Crippen LogP contribution in [0.4, 0.5) is 5.82 Å². The number of fused-ring (bicyclic) bond motifs is 1. The molecule has 1 aliphatic rings. The van der Waals surface area contributed by atoms with Crippen molar-refractivity contribution in [3.8, 4) is 0 Å². The SMILES string of the molecule is CCN(CC)C(=O)CN1CCCN(c2ccc3nnnn3n2)CC1. The average Bonchev–Trinajstić information content (AvgIpc) is 2.94. The highest BCUT2D eigenvalue weighted by atomic mass is 16.2. The van der Waals surface area contributed by atoms with Crippen molar-refractivity contribution >= 4 is 17.4 Å². The Hall–Kier alpha value is -2.29. The van der Waals surface area contributed by atoms with E-state index < -0.39 is 0 Å².